The second-order valence-electron chi connectivity index (χ2n) is 6.63. The Morgan fingerprint density at radius 2 is 1.92 bits per heavy atom. The molecule has 128 valence electrons. The molecule has 2 heterocycles. The number of oxazole rings is 1. The van der Waals surface area contributed by atoms with Gasteiger partial charge in [0.15, 0.2) is 10.9 Å². The van der Waals surface area contributed by atoms with Gasteiger partial charge in [-0.3, -0.25) is 0 Å². The number of rotatable bonds is 6. The van der Waals surface area contributed by atoms with Crippen LogP contribution in [0.5, 0.6) is 0 Å². The predicted molar refractivity (Wildman–Crippen MR) is 96.8 cm³/mol. The van der Waals surface area contributed by atoms with Crippen LogP contribution in [0.3, 0.4) is 0 Å². The van der Waals surface area contributed by atoms with Crippen molar-refractivity contribution in [2.75, 3.05) is 0 Å². The van der Waals surface area contributed by atoms with E-state index in [1.165, 1.54) is 31.5 Å². The summed E-state index contributed by atoms with van der Waals surface area (Å²) in [7, 11) is 0. The number of benzene rings is 1. The Labute approximate surface area is 154 Å². The molecular weight excluding hydrogens is 356 g/mol. The molecule has 25 heavy (non-hydrogen) atoms. The molecule has 0 unspecified atom stereocenters. The molecule has 0 N–H and O–H groups in total. The highest BCUT2D eigenvalue weighted by molar-refractivity contribution is 7.98. The van der Waals surface area contributed by atoms with Crippen molar-refractivity contribution in [3.8, 4) is 11.3 Å². The van der Waals surface area contributed by atoms with Gasteiger partial charge in [-0.2, -0.15) is 0 Å². The van der Waals surface area contributed by atoms with E-state index in [9.17, 15) is 0 Å². The van der Waals surface area contributed by atoms with Gasteiger partial charge in [-0.25, -0.2) is 4.98 Å². The Bertz CT molecular complexity index is 896. The summed E-state index contributed by atoms with van der Waals surface area (Å²) in [6.07, 6.45) is 6.75. The predicted octanol–water partition coefficient (Wildman–Crippen LogP) is 5.09. The maximum absolute atomic E-state index is 5.93. The molecule has 0 saturated heterocycles. The van der Waals surface area contributed by atoms with Crippen LogP contribution in [0.1, 0.15) is 49.4 Å². The van der Waals surface area contributed by atoms with E-state index in [0.717, 1.165) is 16.5 Å². The third kappa shape index (κ3) is 3.20. The van der Waals surface area contributed by atoms with Gasteiger partial charge in [0.25, 0.3) is 0 Å². The summed E-state index contributed by atoms with van der Waals surface area (Å²) < 4.78 is 8.23. The minimum Gasteiger partial charge on any atom is -0.440 e. The first-order valence-corrected chi connectivity index (χ1v) is 9.92. The summed E-state index contributed by atoms with van der Waals surface area (Å²) in [4.78, 5) is 4.40. The average Bonchev–Trinajstić information content (AvgIpc) is 3.55. The zero-order valence-corrected chi connectivity index (χ0v) is 15.1. The van der Waals surface area contributed by atoms with Crippen molar-refractivity contribution in [3.05, 3.63) is 47.2 Å². The fourth-order valence-electron chi connectivity index (χ4n) is 2.93. The fourth-order valence-corrected chi connectivity index (χ4v) is 3.93. The Morgan fingerprint density at radius 3 is 2.64 bits per heavy atom. The Balaban J connectivity index is 1.31. The molecule has 0 atom stereocenters. The summed E-state index contributed by atoms with van der Waals surface area (Å²) in [5, 5.41) is 10.6. The van der Waals surface area contributed by atoms with Gasteiger partial charge in [-0.05, 0) is 49.9 Å². The highest BCUT2D eigenvalue weighted by atomic mass is 35.5. The SMILES string of the molecule is Clc1ccc(-c2cnc(CSc3nnc(C4CC4)n3C3CC3)o2)cc1. The standard InChI is InChI=1S/C18H17ClN4OS/c19-13-5-3-11(4-6-13)15-9-20-16(24-15)10-25-18-22-21-17(12-1-2-12)23(18)14-7-8-14/h3-6,9,12,14H,1-2,7-8,10H2. The van der Waals surface area contributed by atoms with Crippen LogP contribution in [0.25, 0.3) is 11.3 Å². The lowest BCUT2D eigenvalue weighted by Gasteiger charge is -2.07. The molecule has 0 spiro atoms. The number of halogens is 1. The number of aromatic nitrogens is 4. The smallest absolute Gasteiger partial charge is 0.205 e. The Morgan fingerprint density at radius 1 is 1.12 bits per heavy atom. The van der Waals surface area contributed by atoms with Crippen molar-refractivity contribution < 1.29 is 4.42 Å². The van der Waals surface area contributed by atoms with Crippen molar-refractivity contribution >= 4 is 23.4 Å². The largest absolute Gasteiger partial charge is 0.440 e. The van der Waals surface area contributed by atoms with Crippen LogP contribution in [-0.2, 0) is 5.75 Å². The first kappa shape index (κ1) is 15.5. The van der Waals surface area contributed by atoms with E-state index in [-0.39, 0.29) is 0 Å². The summed E-state index contributed by atoms with van der Waals surface area (Å²) in [6.45, 7) is 0. The molecule has 0 radical (unpaired) electrons. The fraction of sp³-hybridized carbons (Fsp3) is 0.389. The van der Waals surface area contributed by atoms with E-state index in [0.29, 0.717) is 28.6 Å². The van der Waals surface area contributed by atoms with Crippen LogP contribution in [-0.4, -0.2) is 19.7 Å². The van der Waals surface area contributed by atoms with Gasteiger partial charge >= 0.3 is 0 Å². The lowest BCUT2D eigenvalue weighted by Crippen LogP contribution is -2.01. The number of thioether (sulfide) groups is 1. The highest BCUT2D eigenvalue weighted by Crippen LogP contribution is 2.46. The van der Waals surface area contributed by atoms with Crippen molar-refractivity contribution in [3.63, 3.8) is 0 Å². The first-order valence-electron chi connectivity index (χ1n) is 8.56. The number of hydrogen-bond donors (Lipinski definition) is 0. The lowest BCUT2D eigenvalue weighted by atomic mass is 10.2. The molecule has 1 aromatic carbocycles. The minimum absolute atomic E-state index is 0.599. The van der Waals surface area contributed by atoms with Gasteiger partial charge in [0.05, 0.1) is 11.9 Å². The van der Waals surface area contributed by atoms with Gasteiger partial charge < -0.3 is 8.98 Å². The second kappa shape index (κ2) is 6.18. The molecule has 0 aliphatic heterocycles. The monoisotopic (exact) mass is 372 g/mol. The zero-order chi connectivity index (χ0) is 16.8. The highest BCUT2D eigenvalue weighted by Gasteiger charge is 2.36. The Hall–Kier alpha value is -1.79. The molecule has 3 aromatic rings. The van der Waals surface area contributed by atoms with E-state index in [4.69, 9.17) is 16.0 Å². The topological polar surface area (TPSA) is 56.7 Å². The van der Waals surface area contributed by atoms with Crippen LogP contribution in [0.2, 0.25) is 5.02 Å². The van der Waals surface area contributed by atoms with Crippen LogP contribution >= 0.6 is 23.4 Å². The number of nitrogens with zero attached hydrogens (tertiary/aromatic N) is 4. The van der Waals surface area contributed by atoms with Gasteiger partial charge in [-0.1, -0.05) is 23.4 Å². The first-order chi connectivity index (χ1) is 12.3. The molecule has 2 aliphatic carbocycles. The summed E-state index contributed by atoms with van der Waals surface area (Å²) >= 11 is 7.59. The van der Waals surface area contributed by atoms with E-state index >= 15 is 0 Å². The molecule has 2 aromatic heterocycles. The van der Waals surface area contributed by atoms with Crippen molar-refractivity contribution in [2.45, 2.75) is 48.6 Å². The molecule has 7 heteroatoms. The molecule has 2 saturated carbocycles. The maximum atomic E-state index is 5.93. The molecule has 5 nitrogen and oxygen atoms in total. The van der Waals surface area contributed by atoms with Crippen LogP contribution in [0.4, 0.5) is 0 Å². The minimum atomic E-state index is 0.599. The zero-order valence-electron chi connectivity index (χ0n) is 13.6. The second-order valence-corrected chi connectivity index (χ2v) is 8.01. The van der Waals surface area contributed by atoms with Crippen LogP contribution < -0.4 is 0 Å². The molecule has 0 bridgehead atoms. The molecule has 0 amide bonds. The van der Waals surface area contributed by atoms with E-state index in [1.807, 2.05) is 24.3 Å². The normalized spacial score (nSPS) is 17.2. The van der Waals surface area contributed by atoms with Crippen molar-refractivity contribution in [1.29, 1.82) is 0 Å². The van der Waals surface area contributed by atoms with Gasteiger partial charge in [-0.15, -0.1) is 10.2 Å². The summed E-state index contributed by atoms with van der Waals surface area (Å²) in [5.74, 6) is 3.92. The molecule has 5 rings (SSSR count). The summed E-state index contributed by atoms with van der Waals surface area (Å²) in [6, 6.07) is 8.18. The summed E-state index contributed by atoms with van der Waals surface area (Å²) in [5.41, 5.74) is 0.977. The van der Waals surface area contributed by atoms with E-state index in [1.54, 1.807) is 18.0 Å². The van der Waals surface area contributed by atoms with Crippen LogP contribution in [0.15, 0.2) is 40.0 Å². The van der Waals surface area contributed by atoms with E-state index < -0.39 is 0 Å². The quantitative estimate of drug-likeness (QED) is 0.564. The van der Waals surface area contributed by atoms with Gasteiger partial charge in [0.2, 0.25) is 5.89 Å². The molecular formula is C18H17ClN4OS. The average molecular weight is 373 g/mol. The van der Waals surface area contributed by atoms with Crippen LogP contribution in [0, 0.1) is 0 Å². The maximum Gasteiger partial charge on any atom is 0.205 e. The van der Waals surface area contributed by atoms with Crippen molar-refractivity contribution in [1.82, 2.24) is 19.7 Å². The van der Waals surface area contributed by atoms with Crippen molar-refractivity contribution in [2.24, 2.45) is 0 Å². The van der Waals surface area contributed by atoms with Gasteiger partial charge in [0.1, 0.15) is 5.82 Å². The molecule has 2 aliphatic rings. The molecule has 2 fully saturated rings. The third-order valence-corrected chi connectivity index (χ3v) is 5.73. The lowest BCUT2D eigenvalue weighted by molar-refractivity contribution is 0.529. The Kier molecular flexibility index (Phi) is 3.82. The number of hydrogen-bond acceptors (Lipinski definition) is 5. The van der Waals surface area contributed by atoms with E-state index in [2.05, 4.69) is 19.7 Å². The van der Waals surface area contributed by atoms with Gasteiger partial charge in [0, 0.05) is 22.5 Å². The third-order valence-electron chi connectivity index (χ3n) is 4.55.